The van der Waals surface area contributed by atoms with E-state index in [9.17, 15) is 48.3 Å². The molecule has 2 saturated heterocycles. The van der Waals surface area contributed by atoms with Gasteiger partial charge in [0.15, 0.2) is 6.29 Å². The molecule has 0 spiro atoms. The summed E-state index contributed by atoms with van der Waals surface area (Å²) in [6.45, 7) is 12.1. The fourth-order valence-corrected chi connectivity index (χ4v) is 7.75. The Morgan fingerprint density at radius 3 is 2.26 bits per heavy atom. The van der Waals surface area contributed by atoms with Gasteiger partial charge in [0.05, 0.1) is 41.4 Å². The minimum atomic E-state index is -4.68. The average Bonchev–Trinajstić information content (AvgIpc) is 3.06. The molecule has 2 heterocycles. The fourth-order valence-electron chi connectivity index (χ4n) is 7.75. The van der Waals surface area contributed by atoms with Crippen LogP contribution in [0.5, 0.6) is 0 Å². The molecule has 13 nitrogen and oxygen atoms in total. The molecule has 2 aliphatic rings. The molecular weight excluding hydrogens is 703 g/mol. The molecule has 53 heavy (non-hydrogen) atoms. The molecule has 1 aromatic rings. The highest BCUT2D eigenvalue weighted by atomic mass is 19.4. The number of aliphatic hydroxyl groups excluding tert-OH is 3. The number of amides is 2. The molecule has 0 aliphatic carbocycles. The van der Waals surface area contributed by atoms with E-state index in [1.807, 2.05) is 11.8 Å². The van der Waals surface area contributed by atoms with Crippen molar-refractivity contribution in [1.82, 2.24) is 9.80 Å². The highest BCUT2D eigenvalue weighted by Crippen LogP contribution is 2.37. The lowest BCUT2D eigenvalue weighted by Crippen LogP contribution is -2.61. The number of hydrogen-bond donors (Lipinski definition) is 6. The first kappa shape index (κ1) is 44.8. The van der Waals surface area contributed by atoms with Gasteiger partial charge in [0.2, 0.25) is 0 Å². The number of halogens is 3. The van der Waals surface area contributed by atoms with Crippen molar-refractivity contribution in [3.05, 3.63) is 29.8 Å². The lowest BCUT2D eigenvalue weighted by Gasteiger charge is -2.46. The van der Waals surface area contributed by atoms with Gasteiger partial charge in [0.25, 0.3) is 0 Å². The molecule has 3 rings (SSSR count). The number of urea groups is 1. The summed E-state index contributed by atoms with van der Waals surface area (Å²) in [5.41, 5.74) is -5.13. The van der Waals surface area contributed by atoms with Gasteiger partial charge < -0.3 is 54.9 Å². The van der Waals surface area contributed by atoms with E-state index >= 15 is 0 Å². The summed E-state index contributed by atoms with van der Waals surface area (Å²) >= 11 is 0. The summed E-state index contributed by atoms with van der Waals surface area (Å²) in [5, 5.41) is 60.8. The highest BCUT2D eigenvalue weighted by Gasteiger charge is 2.50. The molecule has 0 radical (unpaired) electrons. The number of carbonyl (C=O) groups is 2. The number of likely N-dealkylation sites (N-methyl/N-ethyl adjacent to an activating group) is 1. The van der Waals surface area contributed by atoms with Gasteiger partial charge in [-0.1, -0.05) is 26.8 Å². The number of cyclic esters (lactones) is 1. The SMILES string of the molecule is CC[C@H]1OC(=O)[C@H](C)C(O)[C@H](C)[C@@H](O[C@@H]2O[C@H](C)C[C@H](N(C)C)[C@H]2O)C(C)(O)C[C@@H](C)CN(C(=O)Nc2cccc(C(F)(F)F)c2)[C@H](C)[C@@H](O)[C@]1(C)O. The van der Waals surface area contributed by atoms with Gasteiger partial charge in [0, 0.05) is 24.2 Å². The normalized spacial score (nSPS) is 39.9. The second kappa shape index (κ2) is 17.5. The number of nitrogens with one attached hydrogen (secondary N) is 1. The topological polar surface area (TPSA) is 181 Å². The number of nitrogens with zero attached hydrogens (tertiary/aromatic N) is 2. The van der Waals surface area contributed by atoms with Gasteiger partial charge in [-0.2, -0.15) is 13.2 Å². The number of esters is 1. The Morgan fingerprint density at radius 2 is 1.70 bits per heavy atom. The molecule has 14 atom stereocenters. The predicted molar refractivity (Wildman–Crippen MR) is 189 cm³/mol. The van der Waals surface area contributed by atoms with Crippen molar-refractivity contribution in [3.63, 3.8) is 0 Å². The van der Waals surface area contributed by atoms with Gasteiger partial charge >= 0.3 is 18.2 Å². The highest BCUT2D eigenvalue weighted by molar-refractivity contribution is 5.89. The van der Waals surface area contributed by atoms with Crippen molar-refractivity contribution < 1.29 is 62.5 Å². The number of anilines is 1. The van der Waals surface area contributed by atoms with Crippen LogP contribution in [-0.2, 0) is 25.2 Å². The van der Waals surface area contributed by atoms with E-state index in [1.54, 1.807) is 34.9 Å². The van der Waals surface area contributed by atoms with Crippen LogP contribution in [-0.4, -0.2) is 134 Å². The van der Waals surface area contributed by atoms with Gasteiger partial charge in [0.1, 0.15) is 23.9 Å². The smallest absolute Gasteiger partial charge is 0.416 e. The van der Waals surface area contributed by atoms with Crippen LogP contribution >= 0.6 is 0 Å². The van der Waals surface area contributed by atoms with Crippen LogP contribution in [0.25, 0.3) is 0 Å². The summed E-state index contributed by atoms with van der Waals surface area (Å²) in [6, 6.07) is 1.56. The number of benzene rings is 1. The second-order valence-electron chi connectivity index (χ2n) is 15.8. The zero-order valence-corrected chi connectivity index (χ0v) is 32.4. The number of rotatable bonds is 5. The van der Waals surface area contributed by atoms with E-state index in [2.05, 4.69) is 5.32 Å². The average molecular weight is 764 g/mol. The molecule has 1 aromatic carbocycles. The van der Waals surface area contributed by atoms with Crippen molar-refractivity contribution in [2.75, 3.05) is 26.0 Å². The zero-order chi connectivity index (χ0) is 40.4. The Morgan fingerprint density at radius 1 is 1.08 bits per heavy atom. The summed E-state index contributed by atoms with van der Waals surface area (Å²) in [4.78, 5) is 30.4. The van der Waals surface area contributed by atoms with Crippen molar-refractivity contribution in [3.8, 4) is 0 Å². The van der Waals surface area contributed by atoms with Gasteiger partial charge in [-0.05, 0) is 92.1 Å². The molecule has 16 heteroatoms. The number of hydrogen-bond acceptors (Lipinski definition) is 11. The Hall–Kier alpha value is -2.57. The van der Waals surface area contributed by atoms with E-state index in [0.717, 1.165) is 23.1 Å². The number of ether oxygens (including phenoxy) is 3. The second-order valence-corrected chi connectivity index (χ2v) is 15.8. The lowest BCUT2D eigenvalue weighted by molar-refractivity contribution is -0.299. The van der Waals surface area contributed by atoms with Gasteiger partial charge in [-0.25, -0.2) is 4.79 Å². The zero-order valence-electron chi connectivity index (χ0n) is 32.4. The maximum atomic E-state index is 13.9. The van der Waals surface area contributed by atoms with Crippen molar-refractivity contribution in [1.29, 1.82) is 0 Å². The van der Waals surface area contributed by atoms with Crippen molar-refractivity contribution in [2.24, 2.45) is 17.8 Å². The van der Waals surface area contributed by atoms with Crippen molar-refractivity contribution >= 4 is 17.7 Å². The van der Waals surface area contributed by atoms with E-state index in [4.69, 9.17) is 14.2 Å². The largest absolute Gasteiger partial charge is 0.459 e. The maximum absolute atomic E-state index is 13.9. The van der Waals surface area contributed by atoms with Crippen LogP contribution in [0.2, 0.25) is 0 Å². The Balaban J connectivity index is 2.10. The maximum Gasteiger partial charge on any atom is 0.416 e. The molecule has 2 fully saturated rings. The third-order valence-corrected chi connectivity index (χ3v) is 10.9. The van der Waals surface area contributed by atoms with E-state index in [-0.39, 0.29) is 37.2 Å². The van der Waals surface area contributed by atoms with Crippen LogP contribution in [0, 0.1) is 17.8 Å². The summed E-state index contributed by atoms with van der Waals surface area (Å²) in [6.07, 6.45) is -12.8. The molecule has 0 bridgehead atoms. The minimum Gasteiger partial charge on any atom is -0.459 e. The third-order valence-electron chi connectivity index (χ3n) is 10.9. The standard InChI is InChI=1S/C37H60F3N3O10/c1-11-27-36(8,50)30(46)23(6)43(34(48)41-25-14-12-13-24(16-25)37(38,39)40)18-19(2)17-35(7,49)31(21(4)28(44)22(5)32(47)52-27)53-33-29(45)26(42(9)10)15-20(3)51-33/h12-14,16,19-23,26-31,33,44-46,49-50H,11,15,17-18H2,1-10H3,(H,41,48)/t19-,20-,21+,22-,23-,26+,27-,28?,29-,30-,31-,33+,35?,36-/m1/s1. The van der Waals surface area contributed by atoms with E-state index < -0.39 is 95.5 Å². The molecule has 2 unspecified atom stereocenters. The predicted octanol–water partition coefficient (Wildman–Crippen LogP) is 3.60. The third kappa shape index (κ3) is 10.6. The van der Waals surface area contributed by atoms with Gasteiger partial charge in [-0.15, -0.1) is 0 Å². The molecule has 2 amide bonds. The Labute approximate surface area is 310 Å². The Bertz CT molecular complexity index is 1380. The number of alkyl halides is 3. The summed E-state index contributed by atoms with van der Waals surface area (Å²) < 4.78 is 58.5. The molecule has 0 saturated carbocycles. The quantitative estimate of drug-likeness (QED) is 0.241. The molecule has 6 N–H and O–H groups in total. The molecule has 0 aromatic heterocycles. The minimum absolute atomic E-state index is 0.0241. The van der Waals surface area contributed by atoms with Crippen LogP contribution in [0.3, 0.4) is 0 Å². The van der Waals surface area contributed by atoms with Crippen LogP contribution in [0.1, 0.15) is 80.2 Å². The first-order chi connectivity index (χ1) is 24.3. The fraction of sp³-hybridized carbons (Fsp3) is 0.784. The number of carbonyl (C=O) groups excluding carboxylic acids is 2. The monoisotopic (exact) mass is 763 g/mol. The van der Waals surface area contributed by atoms with Gasteiger partial charge in [-0.3, -0.25) is 4.79 Å². The summed E-state index contributed by atoms with van der Waals surface area (Å²) in [7, 11) is 3.61. The molecule has 2 aliphatic heterocycles. The van der Waals surface area contributed by atoms with Crippen LogP contribution in [0.4, 0.5) is 23.7 Å². The number of aliphatic hydroxyl groups is 5. The molecule has 304 valence electrons. The van der Waals surface area contributed by atoms with Crippen molar-refractivity contribution in [2.45, 2.75) is 147 Å². The summed E-state index contributed by atoms with van der Waals surface area (Å²) in [5.74, 6) is -3.72. The lowest BCUT2D eigenvalue weighted by atomic mass is 9.78. The van der Waals surface area contributed by atoms with Crippen LogP contribution < -0.4 is 5.32 Å². The first-order valence-electron chi connectivity index (χ1n) is 18.2. The van der Waals surface area contributed by atoms with E-state index in [0.29, 0.717) is 6.42 Å². The van der Waals surface area contributed by atoms with Crippen LogP contribution in [0.15, 0.2) is 24.3 Å². The molecular formula is C37H60F3N3O10. The first-order valence-corrected chi connectivity index (χ1v) is 18.2. The Kier molecular flexibility index (Phi) is 14.8. The van der Waals surface area contributed by atoms with E-state index in [1.165, 1.54) is 33.8 Å².